The maximum atomic E-state index is 9.36. The molecule has 1 aromatic heterocycles. The Morgan fingerprint density at radius 3 is 2.45 bits per heavy atom. The van der Waals surface area contributed by atoms with Gasteiger partial charge in [-0.05, 0) is 26.0 Å². The molecule has 0 aliphatic rings. The number of fused-ring (bicyclic) bond motifs is 1. The number of aromatic nitrogens is 2. The van der Waals surface area contributed by atoms with Crippen molar-refractivity contribution in [3.05, 3.63) is 24.3 Å². The number of hydrogen-bond donors (Lipinski definition) is 2. The van der Waals surface area contributed by atoms with Gasteiger partial charge in [-0.3, -0.25) is 0 Å². The molecule has 0 atom stereocenters. The molecule has 0 unspecified atom stereocenters. The molecule has 0 saturated heterocycles. The predicted molar refractivity (Wildman–Crippen MR) is 82.4 cm³/mol. The molecule has 0 spiro atoms. The quantitative estimate of drug-likeness (QED) is 0.818. The maximum Gasteiger partial charge on any atom is 0.376 e. The van der Waals surface area contributed by atoms with E-state index >= 15 is 0 Å². The maximum absolute atomic E-state index is 9.36. The molecule has 0 aliphatic carbocycles. The highest BCUT2D eigenvalue weighted by Crippen LogP contribution is 2.40. The van der Waals surface area contributed by atoms with Crippen molar-refractivity contribution in [2.24, 2.45) is 0 Å². The highest BCUT2D eigenvalue weighted by atomic mass is 32.5. The van der Waals surface area contributed by atoms with Crippen LogP contribution in [0.2, 0.25) is 0 Å². The standard InChI is InChI=1S/C12H16N3O3PS/c1-3-15(4-2)12-13-10-8-6-5-7-9(10)11(14-12)18-19(16,17)20/h5-8H,3-4H2,1-2H3,(H2,16,17,20). The molecule has 1 aromatic carbocycles. The fourth-order valence-electron chi connectivity index (χ4n) is 1.87. The van der Waals surface area contributed by atoms with Crippen molar-refractivity contribution in [1.82, 2.24) is 9.97 Å². The Labute approximate surface area is 122 Å². The minimum Gasteiger partial charge on any atom is -0.405 e. The van der Waals surface area contributed by atoms with Gasteiger partial charge in [0.25, 0.3) is 0 Å². The first-order chi connectivity index (χ1) is 9.44. The molecule has 0 radical (unpaired) electrons. The molecule has 2 N–H and O–H groups in total. The lowest BCUT2D eigenvalue weighted by atomic mass is 10.2. The van der Waals surface area contributed by atoms with Gasteiger partial charge >= 0.3 is 6.72 Å². The van der Waals surface area contributed by atoms with Gasteiger partial charge in [0.15, 0.2) is 0 Å². The van der Waals surface area contributed by atoms with E-state index < -0.39 is 6.72 Å². The minimum absolute atomic E-state index is 0.103. The molecule has 0 amide bonds. The summed E-state index contributed by atoms with van der Waals surface area (Å²) in [4.78, 5) is 29.4. The van der Waals surface area contributed by atoms with E-state index in [-0.39, 0.29) is 5.88 Å². The fraction of sp³-hybridized carbons (Fsp3) is 0.333. The molecule has 1 heterocycles. The van der Waals surface area contributed by atoms with Crippen LogP contribution in [0.1, 0.15) is 13.8 Å². The summed E-state index contributed by atoms with van der Waals surface area (Å²) in [6.45, 7) is 1.62. The number of anilines is 1. The van der Waals surface area contributed by atoms with Gasteiger partial charge in [-0.1, -0.05) is 12.1 Å². The van der Waals surface area contributed by atoms with Crippen molar-refractivity contribution >= 4 is 35.4 Å². The van der Waals surface area contributed by atoms with Gasteiger partial charge in [0.05, 0.1) is 10.9 Å². The molecule has 2 aromatic rings. The lowest BCUT2D eigenvalue weighted by molar-refractivity contribution is 0.366. The van der Waals surface area contributed by atoms with Crippen molar-refractivity contribution in [3.63, 3.8) is 0 Å². The normalized spacial score (nSPS) is 11.6. The summed E-state index contributed by atoms with van der Waals surface area (Å²) in [6.07, 6.45) is 0. The number of rotatable bonds is 5. The van der Waals surface area contributed by atoms with Gasteiger partial charge in [0.1, 0.15) is 0 Å². The summed E-state index contributed by atoms with van der Waals surface area (Å²) >= 11 is 4.52. The fourth-order valence-corrected chi connectivity index (χ4v) is 2.44. The van der Waals surface area contributed by atoms with E-state index in [1.807, 2.05) is 30.9 Å². The van der Waals surface area contributed by atoms with Crippen LogP contribution in [0.25, 0.3) is 10.9 Å². The van der Waals surface area contributed by atoms with E-state index in [9.17, 15) is 9.79 Å². The first-order valence-electron chi connectivity index (χ1n) is 6.21. The van der Waals surface area contributed by atoms with Gasteiger partial charge in [0.2, 0.25) is 11.8 Å². The van der Waals surface area contributed by atoms with E-state index in [0.717, 1.165) is 13.1 Å². The Morgan fingerprint density at radius 2 is 1.85 bits per heavy atom. The molecule has 0 saturated carbocycles. The van der Waals surface area contributed by atoms with Crippen LogP contribution in [0.4, 0.5) is 5.95 Å². The highest BCUT2D eigenvalue weighted by molar-refractivity contribution is 8.06. The molecule has 0 bridgehead atoms. The molecular formula is C12H16N3O3PS. The second-order valence-electron chi connectivity index (χ2n) is 4.10. The van der Waals surface area contributed by atoms with E-state index in [0.29, 0.717) is 16.9 Å². The van der Waals surface area contributed by atoms with Gasteiger partial charge < -0.3 is 19.2 Å². The van der Waals surface area contributed by atoms with Crippen LogP contribution in [-0.4, -0.2) is 32.8 Å². The average Bonchev–Trinajstić information content (AvgIpc) is 2.38. The lowest BCUT2D eigenvalue weighted by Crippen LogP contribution is -2.24. The number of nitrogens with zero attached hydrogens (tertiary/aromatic N) is 3. The van der Waals surface area contributed by atoms with Gasteiger partial charge in [-0.15, -0.1) is 0 Å². The van der Waals surface area contributed by atoms with Crippen molar-refractivity contribution in [3.8, 4) is 5.88 Å². The van der Waals surface area contributed by atoms with Crippen molar-refractivity contribution in [2.45, 2.75) is 13.8 Å². The van der Waals surface area contributed by atoms with Crippen molar-refractivity contribution in [2.75, 3.05) is 18.0 Å². The Morgan fingerprint density at radius 1 is 1.20 bits per heavy atom. The molecule has 108 valence electrons. The molecule has 0 aliphatic heterocycles. The lowest BCUT2D eigenvalue weighted by Gasteiger charge is -2.20. The average molecular weight is 313 g/mol. The summed E-state index contributed by atoms with van der Waals surface area (Å²) in [5.74, 6) is 0.581. The van der Waals surface area contributed by atoms with Crippen LogP contribution in [-0.2, 0) is 11.8 Å². The monoisotopic (exact) mass is 313 g/mol. The zero-order valence-corrected chi connectivity index (χ0v) is 12.9. The molecule has 6 nitrogen and oxygen atoms in total. The Hall–Kier alpha value is -1.27. The van der Waals surface area contributed by atoms with Gasteiger partial charge in [-0.25, -0.2) is 4.98 Å². The summed E-state index contributed by atoms with van der Waals surface area (Å²) in [5.41, 5.74) is 0.669. The number of benzene rings is 1. The van der Waals surface area contributed by atoms with E-state index in [1.165, 1.54) is 0 Å². The third-order valence-electron chi connectivity index (χ3n) is 2.81. The SMILES string of the molecule is CCN(CC)c1nc(OP(O)(O)=S)c2ccccc2n1. The topological polar surface area (TPSA) is 78.7 Å². The first-order valence-corrected chi connectivity index (χ1v) is 8.84. The van der Waals surface area contributed by atoms with E-state index in [1.54, 1.807) is 12.1 Å². The molecule has 0 fully saturated rings. The van der Waals surface area contributed by atoms with Gasteiger partial charge in [0, 0.05) is 24.9 Å². The second kappa shape index (κ2) is 6.01. The van der Waals surface area contributed by atoms with E-state index in [4.69, 9.17) is 4.52 Å². The van der Waals surface area contributed by atoms with Crippen LogP contribution in [0.3, 0.4) is 0 Å². The smallest absolute Gasteiger partial charge is 0.376 e. The summed E-state index contributed by atoms with van der Waals surface area (Å²) in [5, 5.41) is 0.598. The van der Waals surface area contributed by atoms with Crippen molar-refractivity contribution < 1.29 is 14.3 Å². The Balaban J connectivity index is 2.60. The second-order valence-corrected chi connectivity index (χ2v) is 6.69. The highest BCUT2D eigenvalue weighted by Gasteiger charge is 2.17. The summed E-state index contributed by atoms with van der Waals surface area (Å²) < 4.78 is 5.05. The largest absolute Gasteiger partial charge is 0.405 e. The van der Waals surface area contributed by atoms with Crippen LogP contribution < -0.4 is 9.42 Å². The Kier molecular flexibility index (Phi) is 4.55. The van der Waals surface area contributed by atoms with Gasteiger partial charge in [-0.2, -0.15) is 4.98 Å². The minimum atomic E-state index is -3.83. The summed E-state index contributed by atoms with van der Waals surface area (Å²) in [6, 6.07) is 7.21. The van der Waals surface area contributed by atoms with Crippen LogP contribution in [0.5, 0.6) is 5.88 Å². The molecule has 20 heavy (non-hydrogen) atoms. The van der Waals surface area contributed by atoms with Crippen LogP contribution in [0.15, 0.2) is 24.3 Å². The molecule has 8 heteroatoms. The van der Waals surface area contributed by atoms with Crippen LogP contribution in [0, 0.1) is 0 Å². The molecular weight excluding hydrogens is 297 g/mol. The number of hydrogen-bond acceptors (Lipinski definition) is 5. The summed E-state index contributed by atoms with van der Waals surface area (Å²) in [7, 11) is 0. The zero-order chi connectivity index (χ0) is 14.8. The Bertz CT molecular complexity index is 657. The van der Waals surface area contributed by atoms with Crippen LogP contribution >= 0.6 is 6.72 Å². The third kappa shape index (κ3) is 3.43. The third-order valence-corrected chi connectivity index (χ3v) is 3.44. The zero-order valence-electron chi connectivity index (χ0n) is 11.2. The van der Waals surface area contributed by atoms with Crippen molar-refractivity contribution in [1.29, 1.82) is 0 Å². The van der Waals surface area contributed by atoms with E-state index in [2.05, 4.69) is 21.8 Å². The first kappa shape index (κ1) is 15.1. The predicted octanol–water partition coefficient (Wildman–Crippen LogP) is 2.06. The number of para-hydroxylation sites is 1. The molecule has 2 rings (SSSR count).